The largest absolute Gasteiger partial charge is 0.356 e. The van der Waals surface area contributed by atoms with E-state index in [1.807, 2.05) is 11.8 Å². The van der Waals surface area contributed by atoms with Gasteiger partial charge in [0.05, 0.1) is 0 Å². The zero-order valence-corrected chi connectivity index (χ0v) is 12.1. The summed E-state index contributed by atoms with van der Waals surface area (Å²) in [6.45, 7) is 0.876. The molecule has 1 heterocycles. The Balaban J connectivity index is 1.92. The molecule has 15 heavy (non-hydrogen) atoms. The van der Waals surface area contributed by atoms with Gasteiger partial charge in [-0.05, 0) is 29.4 Å². The zero-order chi connectivity index (χ0) is 10.9. The van der Waals surface area contributed by atoms with Crippen LogP contribution in [0.4, 0.5) is 0 Å². The maximum absolute atomic E-state index is 11.6. The molecule has 1 N–H and O–H groups in total. The molecule has 0 aliphatic carbocycles. The minimum absolute atomic E-state index is 0.286. The molecule has 4 heteroatoms. The van der Waals surface area contributed by atoms with Gasteiger partial charge in [0.25, 0.3) is 0 Å². The van der Waals surface area contributed by atoms with Crippen molar-refractivity contribution >= 4 is 40.3 Å². The fraction of sp³-hybridized carbons (Fsp3) is 0.909. The van der Waals surface area contributed by atoms with Crippen LogP contribution >= 0.6 is 34.4 Å². The van der Waals surface area contributed by atoms with Gasteiger partial charge in [0.15, 0.2) is 0 Å². The Morgan fingerprint density at radius 3 is 2.80 bits per heavy atom. The second-order valence-corrected chi connectivity index (χ2v) is 6.18. The van der Waals surface area contributed by atoms with E-state index in [-0.39, 0.29) is 5.91 Å². The second-order valence-electron chi connectivity index (χ2n) is 3.95. The fourth-order valence-corrected chi connectivity index (χ4v) is 3.43. The Kier molecular flexibility index (Phi) is 7.87. The predicted molar refractivity (Wildman–Crippen MR) is 75.8 cm³/mol. The molecule has 1 aliphatic heterocycles. The van der Waals surface area contributed by atoms with Crippen molar-refractivity contribution in [2.45, 2.75) is 32.1 Å². The molecule has 1 atom stereocenters. The lowest BCUT2D eigenvalue weighted by Gasteiger charge is -2.09. The molecule has 0 saturated carbocycles. The Morgan fingerprint density at radius 1 is 1.33 bits per heavy atom. The number of carbonyl (C=O) groups is 1. The van der Waals surface area contributed by atoms with Crippen molar-refractivity contribution in [3.63, 3.8) is 0 Å². The van der Waals surface area contributed by atoms with E-state index in [0.29, 0.717) is 5.92 Å². The maximum Gasteiger partial charge on any atom is 0.223 e. The Morgan fingerprint density at radius 2 is 2.13 bits per heavy atom. The van der Waals surface area contributed by atoms with Gasteiger partial charge in [0, 0.05) is 18.2 Å². The van der Waals surface area contributed by atoms with Crippen molar-refractivity contribution < 1.29 is 4.79 Å². The Bertz CT molecular complexity index is 183. The molecule has 0 spiro atoms. The topological polar surface area (TPSA) is 29.1 Å². The van der Waals surface area contributed by atoms with Crippen LogP contribution in [0, 0.1) is 5.92 Å². The molecule has 2 nitrogen and oxygen atoms in total. The molecular formula is C11H20INOS. The van der Waals surface area contributed by atoms with Gasteiger partial charge in [-0.25, -0.2) is 0 Å². The molecule has 88 valence electrons. The van der Waals surface area contributed by atoms with E-state index in [9.17, 15) is 4.79 Å². The number of halogens is 1. The van der Waals surface area contributed by atoms with Gasteiger partial charge < -0.3 is 5.32 Å². The molecule has 0 aromatic carbocycles. The third kappa shape index (κ3) is 6.00. The number of amides is 1. The number of hydrogen-bond acceptors (Lipinski definition) is 2. The molecule has 0 bridgehead atoms. The van der Waals surface area contributed by atoms with Gasteiger partial charge in [0.1, 0.15) is 0 Å². The van der Waals surface area contributed by atoms with Crippen molar-refractivity contribution in [3.05, 3.63) is 0 Å². The second kappa shape index (κ2) is 8.67. The first kappa shape index (κ1) is 13.6. The summed E-state index contributed by atoms with van der Waals surface area (Å²) in [5.41, 5.74) is 0. The molecule has 1 fully saturated rings. The van der Waals surface area contributed by atoms with Crippen LogP contribution in [0.3, 0.4) is 0 Å². The van der Waals surface area contributed by atoms with Gasteiger partial charge in [-0.1, -0.05) is 35.4 Å². The van der Waals surface area contributed by atoms with E-state index >= 15 is 0 Å². The van der Waals surface area contributed by atoms with Crippen LogP contribution in [0.2, 0.25) is 0 Å². The standard InChI is InChI=1S/C11H20INOS/c12-6-3-1-2-4-7-13-11(14)10-5-8-15-9-10/h10H,1-9H2,(H,13,14). The maximum atomic E-state index is 11.6. The van der Waals surface area contributed by atoms with E-state index in [0.717, 1.165) is 30.9 Å². The van der Waals surface area contributed by atoms with Crippen LogP contribution in [0.5, 0.6) is 0 Å². The first-order valence-corrected chi connectivity index (χ1v) is 8.44. The Hall–Kier alpha value is 0.550. The summed E-state index contributed by atoms with van der Waals surface area (Å²) < 4.78 is 1.25. The normalized spacial score (nSPS) is 20.5. The molecule has 0 aromatic rings. The molecule has 1 unspecified atom stereocenters. The monoisotopic (exact) mass is 341 g/mol. The fourth-order valence-electron chi connectivity index (χ4n) is 1.67. The van der Waals surface area contributed by atoms with E-state index < -0.39 is 0 Å². The minimum Gasteiger partial charge on any atom is -0.356 e. The summed E-state index contributed by atoms with van der Waals surface area (Å²) in [5.74, 6) is 2.77. The van der Waals surface area contributed by atoms with Crippen LogP contribution in [-0.4, -0.2) is 28.4 Å². The molecule has 1 rings (SSSR count). The summed E-state index contributed by atoms with van der Waals surface area (Å²) in [6.07, 6.45) is 6.09. The van der Waals surface area contributed by atoms with Crippen molar-refractivity contribution in [2.75, 3.05) is 22.5 Å². The zero-order valence-electron chi connectivity index (χ0n) is 9.14. The van der Waals surface area contributed by atoms with E-state index in [2.05, 4.69) is 27.9 Å². The molecule has 1 aliphatic rings. The smallest absolute Gasteiger partial charge is 0.223 e. The van der Waals surface area contributed by atoms with Crippen molar-refractivity contribution in [3.8, 4) is 0 Å². The average molecular weight is 341 g/mol. The number of unbranched alkanes of at least 4 members (excludes halogenated alkanes) is 3. The van der Waals surface area contributed by atoms with Crippen LogP contribution in [0.15, 0.2) is 0 Å². The lowest BCUT2D eigenvalue weighted by Crippen LogP contribution is -2.31. The number of alkyl halides is 1. The number of carbonyl (C=O) groups excluding carboxylic acids is 1. The molecule has 1 amide bonds. The molecular weight excluding hydrogens is 321 g/mol. The van der Waals surface area contributed by atoms with Crippen molar-refractivity contribution in [2.24, 2.45) is 5.92 Å². The van der Waals surface area contributed by atoms with Gasteiger partial charge in [-0.3, -0.25) is 4.79 Å². The number of thioether (sulfide) groups is 1. The van der Waals surface area contributed by atoms with Crippen molar-refractivity contribution in [1.29, 1.82) is 0 Å². The van der Waals surface area contributed by atoms with Crippen molar-refractivity contribution in [1.82, 2.24) is 5.32 Å². The molecule has 0 radical (unpaired) electrons. The minimum atomic E-state index is 0.286. The van der Waals surface area contributed by atoms with Crippen LogP contribution in [0.1, 0.15) is 32.1 Å². The quantitative estimate of drug-likeness (QED) is 0.438. The first-order chi connectivity index (χ1) is 7.34. The lowest BCUT2D eigenvalue weighted by molar-refractivity contribution is -0.124. The SMILES string of the molecule is O=C(NCCCCCCI)C1CCSC1. The lowest BCUT2D eigenvalue weighted by atomic mass is 10.1. The van der Waals surface area contributed by atoms with Gasteiger partial charge in [0.2, 0.25) is 5.91 Å². The summed E-state index contributed by atoms with van der Waals surface area (Å²) in [5, 5.41) is 3.05. The summed E-state index contributed by atoms with van der Waals surface area (Å²) in [6, 6.07) is 0. The molecule has 0 aromatic heterocycles. The number of nitrogens with one attached hydrogen (secondary N) is 1. The highest BCUT2D eigenvalue weighted by Gasteiger charge is 2.22. The average Bonchev–Trinajstić information content (AvgIpc) is 2.76. The first-order valence-electron chi connectivity index (χ1n) is 5.76. The van der Waals surface area contributed by atoms with E-state index in [4.69, 9.17) is 0 Å². The number of hydrogen-bond donors (Lipinski definition) is 1. The highest BCUT2D eigenvalue weighted by Crippen LogP contribution is 2.23. The van der Waals surface area contributed by atoms with Gasteiger partial charge >= 0.3 is 0 Å². The molecule has 1 saturated heterocycles. The highest BCUT2D eigenvalue weighted by atomic mass is 127. The Labute approximate surface area is 110 Å². The van der Waals surface area contributed by atoms with Gasteiger partial charge in [-0.2, -0.15) is 11.8 Å². The number of rotatable bonds is 7. The third-order valence-corrected chi connectivity index (χ3v) is 4.59. The van der Waals surface area contributed by atoms with E-state index in [1.165, 1.54) is 23.7 Å². The summed E-state index contributed by atoms with van der Waals surface area (Å²) in [7, 11) is 0. The summed E-state index contributed by atoms with van der Waals surface area (Å²) in [4.78, 5) is 11.6. The predicted octanol–water partition coefficient (Wildman–Crippen LogP) is 2.85. The van der Waals surface area contributed by atoms with E-state index in [1.54, 1.807) is 0 Å². The van der Waals surface area contributed by atoms with Gasteiger partial charge in [-0.15, -0.1) is 0 Å². The highest BCUT2D eigenvalue weighted by molar-refractivity contribution is 14.1. The van der Waals surface area contributed by atoms with Crippen LogP contribution in [0.25, 0.3) is 0 Å². The van der Waals surface area contributed by atoms with Crippen LogP contribution < -0.4 is 5.32 Å². The van der Waals surface area contributed by atoms with Crippen LogP contribution in [-0.2, 0) is 4.79 Å². The third-order valence-electron chi connectivity index (χ3n) is 2.66. The summed E-state index contributed by atoms with van der Waals surface area (Å²) >= 11 is 4.31.